The fourth-order valence-corrected chi connectivity index (χ4v) is 2.52. The molecule has 0 saturated carbocycles. The van der Waals surface area contributed by atoms with E-state index >= 15 is 0 Å². The third-order valence-electron chi connectivity index (χ3n) is 4.08. The van der Waals surface area contributed by atoms with E-state index in [4.69, 9.17) is 11.6 Å². The van der Waals surface area contributed by atoms with Gasteiger partial charge in [0.25, 0.3) is 0 Å². The Morgan fingerprint density at radius 1 is 1.18 bits per heavy atom. The van der Waals surface area contributed by atoms with Gasteiger partial charge in [-0.05, 0) is 44.3 Å². The number of anilines is 1. The van der Waals surface area contributed by atoms with Gasteiger partial charge in [-0.15, -0.1) is 0 Å². The van der Waals surface area contributed by atoms with Crippen LogP contribution in [-0.4, -0.2) is 69.0 Å². The lowest BCUT2D eigenvalue weighted by Gasteiger charge is -2.32. The van der Waals surface area contributed by atoms with E-state index in [1.807, 2.05) is 31.3 Å². The predicted octanol–water partition coefficient (Wildman–Crippen LogP) is 0.339. The average Bonchev–Trinajstić information content (AvgIpc) is 2.53. The summed E-state index contributed by atoms with van der Waals surface area (Å²) in [6.45, 7) is 6.51. The van der Waals surface area contributed by atoms with E-state index in [1.165, 1.54) is 0 Å². The van der Waals surface area contributed by atoms with Crippen molar-refractivity contribution in [3.8, 4) is 0 Å². The van der Waals surface area contributed by atoms with Crippen LogP contribution in [0.4, 0.5) is 5.69 Å². The number of nitrogens with zero attached hydrogens (tertiary/aromatic N) is 4. The monoisotopic (exact) mass is 304 g/mol. The molecule has 1 saturated heterocycles. The lowest BCUT2D eigenvalue weighted by atomic mass is 10.2. The minimum atomic E-state index is 0.601. The Morgan fingerprint density at radius 2 is 1.82 bits per heavy atom. The van der Waals surface area contributed by atoms with Crippen LogP contribution in [0.1, 0.15) is 12.0 Å². The minimum absolute atomic E-state index is 0.601. The zero-order valence-electron chi connectivity index (χ0n) is 13.7. The van der Waals surface area contributed by atoms with Gasteiger partial charge in [-0.2, -0.15) is 0 Å². The molecule has 6 nitrogen and oxygen atoms in total. The van der Waals surface area contributed by atoms with Crippen LogP contribution in [0.25, 0.3) is 0 Å². The van der Waals surface area contributed by atoms with E-state index in [1.54, 1.807) is 5.01 Å². The van der Waals surface area contributed by atoms with Crippen molar-refractivity contribution in [3.05, 3.63) is 29.8 Å². The summed E-state index contributed by atoms with van der Waals surface area (Å²) < 4.78 is 0. The molecule has 6 heteroatoms. The van der Waals surface area contributed by atoms with Crippen LogP contribution < -0.4 is 16.6 Å². The van der Waals surface area contributed by atoms with Crippen LogP contribution in [0.5, 0.6) is 0 Å². The fraction of sp³-hybridized carbons (Fsp3) is 0.562. The van der Waals surface area contributed by atoms with Gasteiger partial charge in [0.1, 0.15) is 5.84 Å². The third-order valence-corrected chi connectivity index (χ3v) is 4.08. The number of hydrogen-bond acceptors (Lipinski definition) is 5. The summed E-state index contributed by atoms with van der Waals surface area (Å²) in [5.41, 5.74) is 7.94. The molecule has 22 heavy (non-hydrogen) atoms. The average molecular weight is 304 g/mol. The van der Waals surface area contributed by atoms with Crippen LogP contribution in [0, 0.1) is 0 Å². The quantitative estimate of drug-likeness (QED) is 0.261. The van der Waals surface area contributed by atoms with Gasteiger partial charge < -0.3 is 20.5 Å². The number of piperazine rings is 1. The van der Waals surface area contributed by atoms with Gasteiger partial charge in [-0.25, -0.2) is 5.84 Å². The molecule has 1 aliphatic heterocycles. The topological polar surface area (TPSA) is 74.1 Å². The number of nitrogens with two attached hydrogens (primary N) is 2. The van der Waals surface area contributed by atoms with E-state index in [9.17, 15) is 0 Å². The largest absolute Gasteiger partial charge is 0.384 e. The van der Waals surface area contributed by atoms with Gasteiger partial charge in [0, 0.05) is 45.3 Å². The predicted molar refractivity (Wildman–Crippen MR) is 93.2 cm³/mol. The molecule has 0 spiro atoms. The highest BCUT2D eigenvalue weighted by molar-refractivity contribution is 5.97. The van der Waals surface area contributed by atoms with E-state index in [0.29, 0.717) is 5.84 Å². The van der Waals surface area contributed by atoms with Crippen molar-refractivity contribution < 1.29 is 0 Å². The van der Waals surface area contributed by atoms with Gasteiger partial charge in [0.15, 0.2) is 0 Å². The normalized spacial score (nSPS) is 17.7. The van der Waals surface area contributed by atoms with Crippen LogP contribution in [0.15, 0.2) is 29.3 Å². The molecule has 1 heterocycles. The molecule has 0 aliphatic carbocycles. The zero-order chi connectivity index (χ0) is 15.9. The summed E-state index contributed by atoms with van der Waals surface area (Å²) in [6, 6.07) is 7.81. The summed E-state index contributed by atoms with van der Waals surface area (Å²) in [6.07, 6.45) is 1.05. The van der Waals surface area contributed by atoms with Crippen LogP contribution in [-0.2, 0) is 0 Å². The van der Waals surface area contributed by atoms with Crippen molar-refractivity contribution in [3.63, 3.8) is 0 Å². The lowest BCUT2D eigenvalue weighted by molar-refractivity contribution is 0.153. The van der Waals surface area contributed by atoms with Gasteiger partial charge in [-0.3, -0.25) is 4.99 Å². The summed E-state index contributed by atoms with van der Waals surface area (Å²) in [4.78, 5) is 9.35. The number of amidine groups is 1. The summed E-state index contributed by atoms with van der Waals surface area (Å²) in [7, 11) is 3.99. The fourth-order valence-electron chi connectivity index (χ4n) is 2.52. The van der Waals surface area contributed by atoms with Gasteiger partial charge in [0.05, 0.1) is 5.69 Å². The molecular weight excluding hydrogens is 276 g/mol. The standard InChI is InChI=1S/C16H28N6/c1-20-10-12-22(13-11-20)9-3-8-19-16(17)14-4-6-15(7-5-14)21(2)18/h4-7H,3,8-13,18H2,1-2H3,(H2,17,19). The second kappa shape index (κ2) is 8.12. The lowest BCUT2D eigenvalue weighted by Crippen LogP contribution is -2.44. The van der Waals surface area contributed by atoms with Crippen molar-refractivity contribution in [1.82, 2.24) is 9.80 Å². The second-order valence-electron chi connectivity index (χ2n) is 5.92. The number of hydrogen-bond donors (Lipinski definition) is 2. The van der Waals surface area contributed by atoms with Crippen molar-refractivity contribution in [2.45, 2.75) is 6.42 Å². The number of aliphatic imine (C=N–C) groups is 1. The van der Waals surface area contributed by atoms with Gasteiger partial charge >= 0.3 is 0 Å². The van der Waals surface area contributed by atoms with Gasteiger partial charge in [0.2, 0.25) is 0 Å². The molecule has 0 aromatic heterocycles. The molecule has 0 atom stereocenters. The molecule has 1 aliphatic rings. The van der Waals surface area contributed by atoms with Crippen molar-refractivity contribution in [2.24, 2.45) is 16.6 Å². The molecule has 1 aromatic carbocycles. The minimum Gasteiger partial charge on any atom is -0.384 e. The summed E-state index contributed by atoms with van der Waals surface area (Å²) >= 11 is 0. The highest BCUT2D eigenvalue weighted by Crippen LogP contribution is 2.11. The first kappa shape index (κ1) is 16.7. The Kier molecular flexibility index (Phi) is 6.18. The summed E-state index contributed by atoms with van der Waals surface area (Å²) in [5, 5.41) is 1.58. The third kappa shape index (κ3) is 4.98. The van der Waals surface area contributed by atoms with Crippen LogP contribution in [0.3, 0.4) is 0 Å². The first-order valence-electron chi connectivity index (χ1n) is 7.86. The molecule has 4 N–H and O–H groups in total. The van der Waals surface area contributed by atoms with E-state index in [-0.39, 0.29) is 0 Å². The molecule has 122 valence electrons. The number of likely N-dealkylation sites (N-methyl/N-ethyl adjacent to an activating group) is 1. The van der Waals surface area contributed by atoms with Crippen LogP contribution >= 0.6 is 0 Å². The smallest absolute Gasteiger partial charge is 0.125 e. The van der Waals surface area contributed by atoms with E-state index in [2.05, 4.69) is 21.8 Å². The first-order chi connectivity index (χ1) is 10.6. The Bertz CT molecular complexity index is 474. The highest BCUT2D eigenvalue weighted by Gasteiger charge is 2.12. The molecule has 1 fully saturated rings. The second-order valence-corrected chi connectivity index (χ2v) is 5.92. The molecule has 0 amide bonds. The molecule has 0 unspecified atom stereocenters. The Labute approximate surface area is 133 Å². The molecule has 0 bridgehead atoms. The number of hydrazine groups is 1. The molecule has 2 rings (SSSR count). The van der Waals surface area contributed by atoms with E-state index < -0.39 is 0 Å². The van der Waals surface area contributed by atoms with Crippen molar-refractivity contribution >= 4 is 11.5 Å². The zero-order valence-corrected chi connectivity index (χ0v) is 13.7. The maximum absolute atomic E-state index is 6.04. The highest BCUT2D eigenvalue weighted by atomic mass is 15.4. The summed E-state index contributed by atoms with van der Waals surface area (Å²) in [5.74, 6) is 6.28. The maximum Gasteiger partial charge on any atom is 0.125 e. The Morgan fingerprint density at radius 3 is 2.41 bits per heavy atom. The number of rotatable bonds is 6. The first-order valence-corrected chi connectivity index (χ1v) is 7.86. The Hall–Kier alpha value is -1.63. The van der Waals surface area contributed by atoms with Gasteiger partial charge in [-0.1, -0.05) is 0 Å². The number of benzene rings is 1. The van der Waals surface area contributed by atoms with Crippen LogP contribution in [0.2, 0.25) is 0 Å². The van der Waals surface area contributed by atoms with Crippen molar-refractivity contribution in [2.75, 3.05) is 58.4 Å². The SMILES string of the molecule is CN1CCN(CCCN=C(N)c2ccc(N(C)N)cc2)CC1. The molecular formula is C16H28N6. The molecule has 1 aromatic rings. The maximum atomic E-state index is 6.04. The van der Waals surface area contributed by atoms with Crippen molar-refractivity contribution in [1.29, 1.82) is 0 Å². The van der Waals surface area contributed by atoms with E-state index in [0.717, 1.165) is 56.9 Å². The molecule has 0 radical (unpaired) electrons. The Balaban J connectivity index is 1.75.